The molecule has 7 heteroatoms. The van der Waals surface area contributed by atoms with Gasteiger partial charge in [-0.3, -0.25) is 4.79 Å². The number of nitrogens with zero attached hydrogens (tertiary/aromatic N) is 2. The number of imidazole rings is 1. The summed E-state index contributed by atoms with van der Waals surface area (Å²) in [4.78, 5) is 18.7. The Morgan fingerprint density at radius 2 is 1.87 bits per heavy atom. The SMILES string of the molecule is C=C(NSc1ccccc1-c1ccc(Cn2c(CCC)nc(CC)c2C(=O)NC)cc1C)/C(C)=C(/C)OC. The number of carbonyl (C=O) groups is 1. The van der Waals surface area contributed by atoms with Crippen LogP contribution in [0.1, 0.15) is 67.2 Å². The van der Waals surface area contributed by atoms with E-state index in [1.807, 2.05) is 26.8 Å². The highest BCUT2D eigenvalue weighted by Gasteiger charge is 2.21. The van der Waals surface area contributed by atoms with Gasteiger partial charge in [-0.1, -0.05) is 56.8 Å². The lowest BCUT2D eigenvalue weighted by atomic mass is 9.98. The predicted molar refractivity (Wildman–Crippen MR) is 158 cm³/mol. The van der Waals surface area contributed by atoms with E-state index in [1.165, 1.54) is 11.1 Å². The van der Waals surface area contributed by atoms with Gasteiger partial charge in [0.2, 0.25) is 0 Å². The van der Waals surface area contributed by atoms with Crippen LogP contribution in [-0.4, -0.2) is 29.6 Å². The molecule has 2 N–H and O–H groups in total. The molecule has 3 rings (SSSR count). The van der Waals surface area contributed by atoms with Crippen LogP contribution in [0, 0.1) is 6.92 Å². The van der Waals surface area contributed by atoms with Crippen LogP contribution in [0.4, 0.5) is 0 Å². The van der Waals surface area contributed by atoms with E-state index in [0.29, 0.717) is 12.2 Å². The van der Waals surface area contributed by atoms with Gasteiger partial charge in [0.15, 0.2) is 0 Å². The number of rotatable bonds is 12. The van der Waals surface area contributed by atoms with Crippen LogP contribution < -0.4 is 10.0 Å². The first kappa shape index (κ1) is 29.1. The van der Waals surface area contributed by atoms with Gasteiger partial charge in [0.25, 0.3) is 5.91 Å². The second kappa shape index (κ2) is 13.4. The minimum absolute atomic E-state index is 0.0872. The van der Waals surface area contributed by atoms with Gasteiger partial charge in [0, 0.05) is 36.2 Å². The average Bonchev–Trinajstić information content (AvgIpc) is 3.27. The Morgan fingerprint density at radius 3 is 2.50 bits per heavy atom. The largest absolute Gasteiger partial charge is 0.501 e. The summed E-state index contributed by atoms with van der Waals surface area (Å²) in [5, 5.41) is 2.80. The topological polar surface area (TPSA) is 68.2 Å². The van der Waals surface area contributed by atoms with Crippen LogP contribution >= 0.6 is 11.9 Å². The number of benzene rings is 2. The maximum atomic E-state index is 12.8. The Kier molecular flexibility index (Phi) is 10.2. The van der Waals surface area contributed by atoms with Crippen molar-refractivity contribution in [3.8, 4) is 11.1 Å². The van der Waals surface area contributed by atoms with E-state index < -0.39 is 0 Å². The van der Waals surface area contributed by atoms with E-state index in [0.717, 1.165) is 63.8 Å². The summed E-state index contributed by atoms with van der Waals surface area (Å²) in [5.74, 6) is 1.72. The smallest absolute Gasteiger partial charge is 0.269 e. The number of amides is 1. The first-order chi connectivity index (χ1) is 18.2. The third-order valence-electron chi connectivity index (χ3n) is 6.75. The van der Waals surface area contributed by atoms with E-state index in [2.05, 4.69) is 71.4 Å². The molecule has 38 heavy (non-hydrogen) atoms. The summed E-state index contributed by atoms with van der Waals surface area (Å²) in [6, 6.07) is 14.9. The number of aromatic nitrogens is 2. The van der Waals surface area contributed by atoms with Crippen molar-refractivity contribution >= 4 is 17.9 Å². The lowest BCUT2D eigenvalue weighted by molar-refractivity contribution is 0.0953. The lowest BCUT2D eigenvalue weighted by Crippen LogP contribution is -2.24. The third-order valence-corrected chi connectivity index (χ3v) is 7.67. The zero-order valence-electron chi connectivity index (χ0n) is 23.7. The van der Waals surface area contributed by atoms with Gasteiger partial charge in [-0.05, 0) is 73.9 Å². The molecule has 0 saturated heterocycles. The number of carbonyl (C=O) groups excluding carboxylic acids is 1. The normalized spacial score (nSPS) is 11.7. The minimum atomic E-state index is -0.0872. The fourth-order valence-electron chi connectivity index (χ4n) is 4.40. The highest BCUT2D eigenvalue weighted by atomic mass is 32.2. The summed E-state index contributed by atoms with van der Waals surface area (Å²) < 4.78 is 10.8. The number of hydrogen-bond acceptors (Lipinski definition) is 5. The van der Waals surface area contributed by atoms with E-state index in [-0.39, 0.29) is 5.91 Å². The number of ether oxygens (including phenoxy) is 1. The zero-order valence-corrected chi connectivity index (χ0v) is 24.5. The van der Waals surface area contributed by atoms with Crippen molar-refractivity contribution < 1.29 is 9.53 Å². The molecule has 1 heterocycles. The maximum Gasteiger partial charge on any atom is 0.269 e. The first-order valence-corrected chi connectivity index (χ1v) is 13.9. The third kappa shape index (κ3) is 6.51. The fourth-order valence-corrected chi connectivity index (χ4v) is 5.22. The molecule has 202 valence electrons. The monoisotopic (exact) mass is 532 g/mol. The molecule has 0 radical (unpaired) electrons. The Balaban J connectivity index is 1.92. The van der Waals surface area contributed by atoms with Crippen LogP contribution in [0.15, 0.2) is 71.0 Å². The van der Waals surface area contributed by atoms with Gasteiger partial charge in [-0.25, -0.2) is 4.98 Å². The van der Waals surface area contributed by atoms with Crippen LogP contribution in [0.5, 0.6) is 0 Å². The lowest BCUT2D eigenvalue weighted by Gasteiger charge is -2.16. The molecule has 0 saturated carbocycles. The van der Waals surface area contributed by atoms with Crippen molar-refractivity contribution in [2.75, 3.05) is 14.2 Å². The van der Waals surface area contributed by atoms with Crippen molar-refractivity contribution in [1.29, 1.82) is 0 Å². The molecule has 2 aromatic carbocycles. The Bertz CT molecular complexity index is 1340. The summed E-state index contributed by atoms with van der Waals surface area (Å²) in [5.41, 5.74) is 7.97. The number of methoxy groups -OCH3 is 1. The van der Waals surface area contributed by atoms with Crippen molar-refractivity contribution in [3.63, 3.8) is 0 Å². The molecule has 0 spiro atoms. The molecule has 0 fully saturated rings. The molecular formula is C31H40N4O2S. The number of aryl methyl sites for hydroxylation is 3. The average molecular weight is 533 g/mol. The molecule has 0 bridgehead atoms. The van der Waals surface area contributed by atoms with Gasteiger partial charge in [0.1, 0.15) is 11.5 Å². The van der Waals surface area contributed by atoms with E-state index in [9.17, 15) is 4.79 Å². The Hall–Kier alpha value is -3.45. The number of allylic oxidation sites excluding steroid dienone is 2. The summed E-state index contributed by atoms with van der Waals surface area (Å²) in [6.07, 6.45) is 2.53. The first-order valence-electron chi connectivity index (χ1n) is 13.1. The molecule has 0 aliphatic rings. The highest BCUT2D eigenvalue weighted by Crippen LogP contribution is 2.33. The Morgan fingerprint density at radius 1 is 1.13 bits per heavy atom. The van der Waals surface area contributed by atoms with Crippen LogP contribution in [0.2, 0.25) is 0 Å². The molecular weight excluding hydrogens is 492 g/mol. The number of nitrogens with one attached hydrogen (secondary N) is 2. The molecule has 1 aromatic heterocycles. The van der Waals surface area contributed by atoms with E-state index >= 15 is 0 Å². The molecule has 1 amide bonds. The molecule has 0 aliphatic heterocycles. The van der Waals surface area contributed by atoms with Gasteiger partial charge >= 0.3 is 0 Å². The van der Waals surface area contributed by atoms with Gasteiger partial charge in [0.05, 0.1) is 18.6 Å². The highest BCUT2D eigenvalue weighted by molar-refractivity contribution is 7.97. The second-order valence-electron chi connectivity index (χ2n) is 9.31. The Labute approximate surface area is 231 Å². The predicted octanol–water partition coefficient (Wildman–Crippen LogP) is 6.83. The van der Waals surface area contributed by atoms with Crippen molar-refractivity contribution in [2.45, 2.75) is 65.3 Å². The van der Waals surface area contributed by atoms with Crippen LogP contribution in [0.3, 0.4) is 0 Å². The zero-order chi connectivity index (χ0) is 27.8. The molecule has 6 nitrogen and oxygen atoms in total. The standard InChI is InChI=1S/C31H40N4O2S/c1-9-13-29-33-27(10-2)30(31(36)32-7)35(29)19-24-16-17-25(20(3)18-24)26-14-11-12-15-28(26)38-34-22(5)21(4)23(6)37-8/h11-12,14-18,34H,5,9-10,13,19H2,1-4,6-8H3,(H,32,36)/b23-21-. The fraction of sp³-hybridized carbons (Fsp3) is 0.355. The maximum absolute atomic E-state index is 12.8. The number of hydrogen-bond donors (Lipinski definition) is 2. The summed E-state index contributed by atoms with van der Waals surface area (Å²) in [6.45, 7) is 15.0. The van der Waals surface area contributed by atoms with Crippen molar-refractivity contribution in [1.82, 2.24) is 19.6 Å². The molecule has 3 aromatic rings. The molecule has 0 aliphatic carbocycles. The summed E-state index contributed by atoms with van der Waals surface area (Å²) in [7, 11) is 3.34. The minimum Gasteiger partial charge on any atom is -0.501 e. The van der Waals surface area contributed by atoms with Gasteiger partial charge < -0.3 is 19.3 Å². The van der Waals surface area contributed by atoms with Gasteiger partial charge in [-0.2, -0.15) is 0 Å². The molecule has 0 atom stereocenters. The quantitative estimate of drug-likeness (QED) is 0.152. The van der Waals surface area contributed by atoms with Crippen molar-refractivity contribution in [3.05, 3.63) is 94.4 Å². The van der Waals surface area contributed by atoms with E-state index in [4.69, 9.17) is 9.72 Å². The summed E-state index contributed by atoms with van der Waals surface area (Å²) >= 11 is 1.55. The van der Waals surface area contributed by atoms with E-state index in [1.54, 1.807) is 26.1 Å². The second-order valence-corrected chi connectivity index (χ2v) is 10.2. The van der Waals surface area contributed by atoms with Crippen LogP contribution in [0.25, 0.3) is 11.1 Å². The van der Waals surface area contributed by atoms with Crippen LogP contribution in [-0.2, 0) is 24.1 Å². The van der Waals surface area contributed by atoms with Gasteiger partial charge in [-0.15, -0.1) is 0 Å². The molecule has 0 unspecified atom stereocenters. The van der Waals surface area contributed by atoms with Crippen molar-refractivity contribution in [2.24, 2.45) is 0 Å².